The van der Waals surface area contributed by atoms with Gasteiger partial charge in [0.1, 0.15) is 0 Å². The number of nitrogens with zero attached hydrogens (tertiary/aromatic N) is 2. The van der Waals surface area contributed by atoms with Crippen LogP contribution in [0.5, 0.6) is 0 Å². The molecule has 0 fully saturated rings. The van der Waals surface area contributed by atoms with Crippen molar-refractivity contribution < 1.29 is 9.77 Å². The fraction of sp³-hybridized carbons (Fsp3) is 0.0588. The van der Waals surface area contributed by atoms with Gasteiger partial charge in [-0.1, -0.05) is 41.6 Å². The number of benzene rings is 2. The van der Waals surface area contributed by atoms with Crippen LogP contribution in [0.1, 0.15) is 5.56 Å². The molecule has 0 saturated carbocycles. The van der Waals surface area contributed by atoms with Crippen molar-refractivity contribution in [3.05, 3.63) is 77.0 Å². The van der Waals surface area contributed by atoms with Crippen LogP contribution in [0.25, 0.3) is 10.8 Å². The zero-order valence-electron chi connectivity index (χ0n) is 11.3. The van der Waals surface area contributed by atoms with Gasteiger partial charge in [0.25, 0.3) is 0 Å². The predicted molar refractivity (Wildman–Crippen MR) is 86.6 cm³/mol. The second-order valence-corrected chi connectivity index (χ2v) is 5.72. The van der Waals surface area contributed by atoms with Crippen molar-refractivity contribution >= 4 is 32.4 Å². The van der Waals surface area contributed by atoms with Crippen LogP contribution < -0.4 is 4.57 Å². The monoisotopic (exact) mass is 341 g/mol. The largest absolute Gasteiger partial charge is 0.410 e. The Hall–Kier alpha value is -2.20. The fourth-order valence-corrected chi connectivity index (χ4v) is 2.73. The number of aromatic nitrogens is 1. The Bertz CT molecular complexity index is 815. The lowest BCUT2D eigenvalue weighted by Crippen LogP contribution is -2.37. The maximum absolute atomic E-state index is 9.35. The standard InChI is InChI=1S/C17H13BrN2O/c18-16-6-3-9-20(11-16)12-17(19-21)15-8-7-13-4-1-2-5-14(13)10-15/h1-11H,12H2/p+1. The highest BCUT2D eigenvalue weighted by molar-refractivity contribution is 9.10. The quantitative estimate of drug-likeness (QED) is 0.335. The molecule has 0 saturated heterocycles. The summed E-state index contributed by atoms with van der Waals surface area (Å²) in [7, 11) is 0. The first-order valence-corrected chi connectivity index (χ1v) is 7.40. The fourth-order valence-electron chi connectivity index (χ4n) is 2.31. The molecule has 4 heteroatoms. The SMILES string of the molecule is ON=C(C[n+]1cccc(Br)c1)c1ccc2ccccc2c1. The van der Waals surface area contributed by atoms with Gasteiger partial charge in [-0.25, -0.2) is 0 Å². The van der Waals surface area contributed by atoms with Crippen LogP contribution in [0.4, 0.5) is 0 Å². The maximum atomic E-state index is 9.35. The third-order valence-corrected chi connectivity index (χ3v) is 3.83. The summed E-state index contributed by atoms with van der Waals surface area (Å²) in [4.78, 5) is 0. The average Bonchev–Trinajstić information content (AvgIpc) is 2.52. The van der Waals surface area contributed by atoms with Gasteiger partial charge in [0.2, 0.25) is 0 Å². The van der Waals surface area contributed by atoms with Crippen molar-refractivity contribution in [2.75, 3.05) is 0 Å². The van der Waals surface area contributed by atoms with E-state index in [2.05, 4.69) is 33.2 Å². The van der Waals surface area contributed by atoms with E-state index >= 15 is 0 Å². The van der Waals surface area contributed by atoms with Crippen molar-refractivity contribution in [1.29, 1.82) is 0 Å². The van der Waals surface area contributed by atoms with E-state index in [1.807, 2.05) is 59.4 Å². The molecule has 0 radical (unpaired) electrons. The van der Waals surface area contributed by atoms with E-state index in [1.54, 1.807) is 0 Å². The summed E-state index contributed by atoms with van der Waals surface area (Å²) < 4.78 is 2.95. The van der Waals surface area contributed by atoms with Crippen molar-refractivity contribution in [3.8, 4) is 0 Å². The van der Waals surface area contributed by atoms with Gasteiger partial charge in [0.05, 0.1) is 4.47 Å². The minimum absolute atomic E-state index is 0.508. The zero-order valence-corrected chi connectivity index (χ0v) is 12.9. The number of fused-ring (bicyclic) bond motifs is 1. The van der Waals surface area contributed by atoms with E-state index in [0.717, 1.165) is 15.4 Å². The first kappa shape index (κ1) is 13.8. The number of hydrogen-bond acceptors (Lipinski definition) is 2. The molecule has 3 rings (SSSR count). The van der Waals surface area contributed by atoms with Crippen molar-refractivity contribution in [2.45, 2.75) is 6.54 Å². The van der Waals surface area contributed by atoms with E-state index < -0.39 is 0 Å². The van der Waals surface area contributed by atoms with Gasteiger partial charge in [-0.2, -0.15) is 4.57 Å². The first-order valence-electron chi connectivity index (χ1n) is 6.61. The Morgan fingerprint density at radius 2 is 1.86 bits per heavy atom. The van der Waals surface area contributed by atoms with Gasteiger partial charge >= 0.3 is 0 Å². The van der Waals surface area contributed by atoms with Crippen LogP contribution in [0, 0.1) is 0 Å². The summed E-state index contributed by atoms with van der Waals surface area (Å²) in [5, 5.41) is 15.1. The Balaban J connectivity index is 1.95. The highest BCUT2D eigenvalue weighted by atomic mass is 79.9. The molecule has 3 aromatic rings. The minimum Gasteiger partial charge on any atom is -0.410 e. The molecule has 0 bridgehead atoms. The second-order valence-electron chi connectivity index (χ2n) is 4.80. The molecule has 0 aliphatic heterocycles. The van der Waals surface area contributed by atoms with E-state index in [9.17, 15) is 5.21 Å². The lowest BCUT2D eigenvalue weighted by Gasteiger charge is -2.04. The molecule has 0 spiro atoms. The van der Waals surface area contributed by atoms with Crippen molar-refractivity contribution in [3.63, 3.8) is 0 Å². The topological polar surface area (TPSA) is 36.5 Å². The average molecular weight is 342 g/mol. The Kier molecular flexibility index (Phi) is 3.97. The van der Waals surface area contributed by atoms with Crippen LogP contribution in [0.15, 0.2) is 76.6 Å². The zero-order chi connectivity index (χ0) is 14.7. The van der Waals surface area contributed by atoms with Crippen LogP contribution in [0.2, 0.25) is 0 Å². The summed E-state index contributed by atoms with van der Waals surface area (Å²) in [5.41, 5.74) is 1.55. The molecule has 0 aliphatic carbocycles. The third kappa shape index (κ3) is 3.11. The third-order valence-electron chi connectivity index (χ3n) is 3.36. The van der Waals surface area contributed by atoms with E-state index in [4.69, 9.17) is 0 Å². The van der Waals surface area contributed by atoms with Gasteiger partial charge < -0.3 is 5.21 Å². The number of hydrogen-bond donors (Lipinski definition) is 1. The minimum atomic E-state index is 0.508. The molecule has 1 aromatic heterocycles. The first-order chi connectivity index (χ1) is 10.3. The van der Waals surface area contributed by atoms with Gasteiger partial charge in [-0.3, -0.25) is 0 Å². The summed E-state index contributed by atoms with van der Waals surface area (Å²) in [6.45, 7) is 0.508. The molecule has 0 unspecified atom stereocenters. The molecular formula is C17H14BrN2O+. The predicted octanol–water partition coefficient (Wildman–Crippen LogP) is 3.77. The molecule has 104 valence electrons. The van der Waals surface area contributed by atoms with Crippen molar-refractivity contribution in [2.24, 2.45) is 5.16 Å². The molecule has 2 aromatic carbocycles. The van der Waals surface area contributed by atoms with E-state index in [-0.39, 0.29) is 0 Å². The van der Waals surface area contributed by atoms with Crippen LogP contribution >= 0.6 is 15.9 Å². The number of oxime groups is 1. The van der Waals surface area contributed by atoms with Crippen LogP contribution in [-0.4, -0.2) is 10.9 Å². The molecule has 1 heterocycles. The van der Waals surface area contributed by atoms with Gasteiger partial charge in [0, 0.05) is 11.6 Å². The van der Waals surface area contributed by atoms with E-state index in [1.165, 1.54) is 5.39 Å². The Labute approximate surface area is 131 Å². The second kappa shape index (κ2) is 6.06. The highest BCUT2D eigenvalue weighted by Gasteiger charge is 2.12. The molecule has 1 N–H and O–H groups in total. The van der Waals surface area contributed by atoms with E-state index in [0.29, 0.717) is 12.3 Å². The van der Waals surface area contributed by atoms with Crippen molar-refractivity contribution in [1.82, 2.24) is 0 Å². The lowest BCUT2D eigenvalue weighted by atomic mass is 10.0. The molecule has 0 amide bonds. The molecule has 3 nitrogen and oxygen atoms in total. The van der Waals surface area contributed by atoms with Gasteiger partial charge in [-0.15, -0.1) is 0 Å². The van der Waals surface area contributed by atoms with Crippen LogP contribution in [0.3, 0.4) is 0 Å². The lowest BCUT2D eigenvalue weighted by molar-refractivity contribution is -0.682. The summed E-state index contributed by atoms with van der Waals surface area (Å²) in [5.74, 6) is 0. The van der Waals surface area contributed by atoms with Gasteiger partial charge in [0.15, 0.2) is 24.7 Å². The number of halogens is 1. The molecular weight excluding hydrogens is 328 g/mol. The number of pyridine rings is 1. The molecule has 0 atom stereocenters. The molecule has 21 heavy (non-hydrogen) atoms. The normalized spacial score (nSPS) is 11.8. The Morgan fingerprint density at radius 3 is 2.62 bits per heavy atom. The van der Waals surface area contributed by atoms with Gasteiger partial charge in [-0.05, 0) is 38.8 Å². The summed E-state index contributed by atoms with van der Waals surface area (Å²) in [6.07, 6.45) is 3.89. The van der Waals surface area contributed by atoms with Crippen LogP contribution in [-0.2, 0) is 6.54 Å². The Morgan fingerprint density at radius 1 is 1.05 bits per heavy atom. The highest BCUT2D eigenvalue weighted by Crippen LogP contribution is 2.16. The summed E-state index contributed by atoms with van der Waals surface area (Å²) >= 11 is 3.44. The maximum Gasteiger partial charge on any atom is 0.194 e. The number of rotatable bonds is 3. The smallest absolute Gasteiger partial charge is 0.194 e. The summed E-state index contributed by atoms with van der Waals surface area (Å²) in [6, 6.07) is 18.1. The molecule has 0 aliphatic rings.